The number of amides is 1. The summed E-state index contributed by atoms with van der Waals surface area (Å²) in [5, 5.41) is 20.3. The van der Waals surface area contributed by atoms with Crippen molar-refractivity contribution in [1.29, 1.82) is 5.26 Å². The number of carboxylic acids is 1. The maximum atomic E-state index is 12.0. The summed E-state index contributed by atoms with van der Waals surface area (Å²) in [6.45, 7) is 0. The smallest absolute Gasteiger partial charge is 0.335 e. The number of carbonyl (C=O) groups excluding carboxylic acids is 1. The standard InChI is InChI=1S/C15H10N2O3.ClH/c16-9-10-3-1-4-11(7-10)14(18)17-13-6-2-5-12(8-13)15(19)20;/h1-8H,(H,17,18)(H,19,20);1H. The fourth-order valence-corrected chi connectivity index (χ4v) is 1.66. The van der Waals surface area contributed by atoms with Crippen LogP contribution >= 0.6 is 12.4 Å². The zero-order chi connectivity index (χ0) is 14.5. The van der Waals surface area contributed by atoms with Gasteiger partial charge >= 0.3 is 5.97 Å². The third-order valence-electron chi connectivity index (χ3n) is 2.62. The Bertz CT molecular complexity index is 723. The van der Waals surface area contributed by atoms with Gasteiger partial charge in [-0.2, -0.15) is 5.26 Å². The van der Waals surface area contributed by atoms with Crippen molar-refractivity contribution in [2.24, 2.45) is 0 Å². The van der Waals surface area contributed by atoms with Gasteiger partial charge in [0, 0.05) is 11.3 Å². The van der Waals surface area contributed by atoms with Gasteiger partial charge in [-0.3, -0.25) is 4.79 Å². The van der Waals surface area contributed by atoms with Gasteiger partial charge in [0.1, 0.15) is 0 Å². The number of hydrogen-bond donors (Lipinski definition) is 2. The summed E-state index contributed by atoms with van der Waals surface area (Å²) in [6.07, 6.45) is 0. The second-order valence-corrected chi connectivity index (χ2v) is 4.03. The number of carbonyl (C=O) groups is 2. The number of halogens is 1. The molecule has 2 aromatic rings. The van der Waals surface area contributed by atoms with Crippen LogP contribution in [-0.2, 0) is 0 Å². The number of anilines is 1. The molecule has 0 fully saturated rings. The van der Waals surface area contributed by atoms with E-state index in [0.717, 1.165) is 0 Å². The van der Waals surface area contributed by atoms with Crippen LogP contribution in [0.15, 0.2) is 48.5 Å². The first-order valence-electron chi connectivity index (χ1n) is 5.75. The van der Waals surface area contributed by atoms with Crippen molar-refractivity contribution in [1.82, 2.24) is 0 Å². The predicted octanol–water partition coefficient (Wildman–Crippen LogP) is 2.93. The van der Waals surface area contributed by atoms with Gasteiger partial charge in [-0.15, -0.1) is 12.4 Å². The van der Waals surface area contributed by atoms with Crippen LogP contribution in [0.4, 0.5) is 5.69 Å². The second kappa shape index (κ2) is 7.08. The fraction of sp³-hybridized carbons (Fsp3) is 0. The number of carboxylic acid groups (broad SMARTS) is 1. The quantitative estimate of drug-likeness (QED) is 0.912. The first kappa shape index (κ1) is 16.2. The Balaban J connectivity index is 0.00000220. The molecule has 1 amide bonds. The van der Waals surface area contributed by atoms with E-state index in [2.05, 4.69) is 5.32 Å². The molecule has 0 bridgehead atoms. The highest BCUT2D eigenvalue weighted by molar-refractivity contribution is 6.05. The number of hydrogen-bond acceptors (Lipinski definition) is 3. The molecule has 6 heteroatoms. The summed E-state index contributed by atoms with van der Waals surface area (Å²) in [5.41, 5.74) is 1.20. The SMILES string of the molecule is Cl.N#Cc1cccc(C(=O)Nc2cccc(C(=O)O)c2)c1. The molecule has 0 aromatic heterocycles. The van der Waals surface area contributed by atoms with E-state index in [0.29, 0.717) is 16.8 Å². The Hall–Kier alpha value is -2.84. The molecule has 0 atom stereocenters. The maximum Gasteiger partial charge on any atom is 0.335 e. The molecule has 0 aliphatic carbocycles. The van der Waals surface area contributed by atoms with E-state index < -0.39 is 11.9 Å². The van der Waals surface area contributed by atoms with Crippen molar-refractivity contribution in [3.05, 3.63) is 65.2 Å². The monoisotopic (exact) mass is 302 g/mol. The van der Waals surface area contributed by atoms with E-state index in [1.807, 2.05) is 6.07 Å². The molecular weight excluding hydrogens is 292 g/mol. The first-order valence-corrected chi connectivity index (χ1v) is 5.75. The fourth-order valence-electron chi connectivity index (χ4n) is 1.66. The van der Waals surface area contributed by atoms with E-state index in [1.165, 1.54) is 18.2 Å². The van der Waals surface area contributed by atoms with Crippen LogP contribution in [0.5, 0.6) is 0 Å². The van der Waals surface area contributed by atoms with Crippen molar-refractivity contribution in [2.75, 3.05) is 5.32 Å². The Morgan fingerprint density at radius 2 is 1.71 bits per heavy atom. The number of aromatic carboxylic acids is 1. The topological polar surface area (TPSA) is 90.2 Å². The summed E-state index contributed by atoms with van der Waals surface area (Å²) in [7, 11) is 0. The lowest BCUT2D eigenvalue weighted by Crippen LogP contribution is -2.12. The first-order chi connectivity index (χ1) is 9.60. The largest absolute Gasteiger partial charge is 0.478 e. The molecule has 0 heterocycles. The van der Waals surface area contributed by atoms with Crippen LogP contribution in [0.2, 0.25) is 0 Å². The molecule has 2 rings (SSSR count). The van der Waals surface area contributed by atoms with Crippen LogP contribution < -0.4 is 5.32 Å². The Morgan fingerprint density at radius 3 is 2.38 bits per heavy atom. The molecule has 2 aromatic carbocycles. The number of benzene rings is 2. The summed E-state index contributed by atoms with van der Waals surface area (Å²) in [4.78, 5) is 22.8. The van der Waals surface area contributed by atoms with Gasteiger partial charge in [0.2, 0.25) is 0 Å². The maximum absolute atomic E-state index is 12.0. The minimum absolute atomic E-state index is 0. The highest BCUT2D eigenvalue weighted by Crippen LogP contribution is 2.13. The van der Waals surface area contributed by atoms with Gasteiger partial charge in [0.05, 0.1) is 17.2 Å². The van der Waals surface area contributed by atoms with E-state index in [9.17, 15) is 9.59 Å². The molecule has 0 spiro atoms. The molecule has 0 saturated heterocycles. The molecule has 21 heavy (non-hydrogen) atoms. The van der Waals surface area contributed by atoms with E-state index >= 15 is 0 Å². The lowest BCUT2D eigenvalue weighted by atomic mass is 10.1. The third-order valence-corrected chi connectivity index (χ3v) is 2.62. The number of nitrogens with one attached hydrogen (secondary N) is 1. The normalized spacial score (nSPS) is 9.10. The van der Waals surface area contributed by atoms with E-state index in [4.69, 9.17) is 10.4 Å². The summed E-state index contributed by atoms with van der Waals surface area (Å²) in [5.74, 6) is -1.46. The summed E-state index contributed by atoms with van der Waals surface area (Å²) < 4.78 is 0. The van der Waals surface area contributed by atoms with Gasteiger partial charge in [-0.05, 0) is 36.4 Å². The molecule has 0 radical (unpaired) electrons. The van der Waals surface area contributed by atoms with Crippen molar-refractivity contribution < 1.29 is 14.7 Å². The highest BCUT2D eigenvalue weighted by atomic mass is 35.5. The number of nitriles is 1. The lowest BCUT2D eigenvalue weighted by Gasteiger charge is -2.06. The molecule has 0 aliphatic heterocycles. The lowest BCUT2D eigenvalue weighted by molar-refractivity contribution is 0.0696. The minimum Gasteiger partial charge on any atom is -0.478 e. The second-order valence-electron chi connectivity index (χ2n) is 4.03. The van der Waals surface area contributed by atoms with Gasteiger partial charge in [-0.25, -0.2) is 4.79 Å². The summed E-state index contributed by atoms with van der Waals surface area (Å²) >= 11 is 0. The molecule has 0 saturated carbocycles. The number of rotatable bonds is 3. The molecule has 0 aliphatic rings. The minimum atomic E-state index is -1.06. The van der Waals surface area contributed by atoms with Gasteiger partial charge < -0.3 is 10.4 Å². The predicted molar refractivity (Wildman–Crippen MR) is 79.8 cm³/mol. The zero-order valence-electron chi connectivity index (χ0n) is 10.7. The van der Waals surface area contributed by atoms with Gasteiger partial charge in [0.25, 0.3) is 5.91 Å². The van der Waals surface area contributed by atoms with Gasteiger partial charge in [0.15, 0.2) is 0 Å². The summed E-state index contributed by atoms with van der Waals surface area (Å²) in [6, 6.07) is 14.2. The van der Waals surface area contributed by atoms with Crippen molar-refractivity contribution in [3.63, 3.8) is 0 Å². The van der Waals surface area contributed by atoms with Crippen LogP contribution in [0.1, 0.15) is 26.3 Å². The van der Waals surface area contributed by atoms with Gasteiger partial charge in [-0.1, -0.05) is 12.1 Å². The van der Waals surface area contributed by atoms with Crippen molar-refractivity contribution in [2.45, 2.75) is 0 Å². The van der Waals surface area contributed by atoms with Crippen LogP contribution in [-0.4, -0.2) is 17.0 Å². The highest BCUT2D eigenvalue weighted by Gasteiger charge is 2.08. The Morgan fingerprint density at radius 1 is 1.05 bits per heavy atom. The van der Waals surface area contributed by atoms with E-state index in [1.54, 1.807) is 30.3 Å². The average Bonchev–Trinajstić information content (AvgIpc) is 2.47. The Labute approximate surface area is 127 Å². The molecule has 0 unspecified atom stereocenters. The third kappa shape index (κ3) is 4.06. The van der Waals surface area contributed by atoms with Crippen molar-refractivity contribution in [3.8, 4) is 6.07 Å². The molecule has 5 nitrogen and oxygen atoms in total. The molecule has 106 valence electrons. The number of nitrogens with zero attached hydrogens (tertiary/aromatic N) is 1. The van der Waals surface area contributed by atoms with Crippen LogP contribution in [0.3, 0.4) is 0 Å². The van der Waals surface area contributed by atoms with Crippen molar-refractivity contribution >= 4 is 30.0 Å². The van der Waals surface area contributed by atoms with Crippen LogP contribution in [0.25, 0.3) is 0 Å². The van der Waals surface area contributed by atoms with E-state index in [-0.39, 0.29) is 18.0 Å². The zero-order valence-corrected chi connectivity index (χ0v) is 11.6. The molecule has 2 N–H and O–H groups in total. The Kier molecular flexibility index (Phi) is 5.47. The average molecular weight is 303 g/mol. The molecular formula is C15H11ClN2O3. The van der Waals surface area contributed by atoms with Crippen LogP contribution in [0, 0.1) is 11.3 Å².